The molecule has 2 N–H and O–H groups in total. The summed E-state index contributed by atoms with van der Waals surface area (Å²) in [6.07, 6.45) is 4.94. The molecule has 0 aromatic heterocycles. The first-order valence-corrected chi connectivity index (χ1v) is 10.9. The Balaban J connectivity index is 2.25. The van der Waals surface area contributed by atoms with E-state index in [9.17, 15) is 16.8 Å². The number of benzene rings is 1. The first-order chi connectivity index (χ1) is 10.7. The fourth-order valence-electron chi connectivity index (χ4n) is 3.04. The Morgan fingerprint density at radius 3 is 2.48 bits per heavy atom. The molecule has 1 atom stereocenters. The minimum atomic E-state index is -3.92. The van der Waals surface area contributed by atoms with Gasteiger partial charge in [-0.05, 0) is 43.4 Å². The fraction of sp³-hybridized carbons (Fsp3) is 0.600. The molecule has 1 fully saturated rings. The number of primary sulfonamides is 1. The molecule has 0 spiro atoms. The molecular weight excluding hydrogens is 336 g/mol. The molecule has 6 nitrogen and oxygen atoms in total. The van der Waals surface area contributed by atoms with Crippen molar-refractivity contribution in [3.8, 4) is 0 Å². The van der Waals surface area contributed by atoms with Crippen molar-refractivity contribution in [3.05, 3.63) is 24.3 Å². The summed E-state index contributed by atoms with van der Waals surface area (Å²) >= 11 is 0. The largest absolute Gasteiger partial charge is 0.243 e. The van der Waals surface area contributed by atoms with E-state index in [0.717, 1.165) is 38.2 Å². The molecule has 1 aromatic carbocycles. The summed E-state index contributed by atoms with van der Waals surface area (Å²) in [5, 5.41) is 5.09. The van der Waals surface area contributed by atoms with Crippen LogP contribution in [0.15, 0.2) is 34.1 Å². The Morgan fingerprint density at radius 1 is 1.13 bits per heavy atom. The highest BCUT2D eigenvalue weighted by molar-refractivity contribution is 7.90. The van der Waals surface area contributed by atoms with Gasteiger partial charge in [-0.3, -0.25) is 0 Å². The number of rotatable bonds is 5. The summed E-state index contributed by atoms with van der Waals surface area (Å²) in [5.74, 6) is 0.566. The van der Waals surface area contributed by atoms with Gasteiger partial charge in [-0.1, -0.05) is 25.8 Å². The van der Waals surface area contributed by atoms with Crippen LogP contribution in [0.5, 0.6) is 0 Å². The molecule has 0 radical (unpaired) electrons. The van der Waals surface area contributed by atoms with Crippen LogP contribution in [-0.2, 0) is 20.0 Å². The summed E-state index contributed by atoms with van der Waals surface area (Å²) in [4.78, 5) is -0.199. The molecule has 130 valence electrons. The first kappa shape index (κ1) is 18.4. The minimum Gasteiger partial charge on any atom is -0.225 e. The van der Waals surface area contributed by atoms with Crippen LogP contribution in [0.4, 0.5) is 0 Å². The van der Waals surface area contributed by atoms with Gasteiger partial charge in [0, 0.05) is 13.1 Å². The summed E-state index contributed by atoms with van der Waals surface area (Å²) in [7, 11) is -7.62. The van der Waals surface area contributed by atoms with Crippen molar-refractivity contribution < 1.29 is 16.8 Å². The highest BCUT2D eigenvalue weighted by Gasteiger charge is 2.28. The number of hydrogen-bond donors (Lipinski definition) is 1. The van der Waals surface area contributed by atoms with Crippen molar-refractivity contribution in [2.45, 2.75) is 48.8 Å². The third-order valence-corrected chi connectivity index (χ3v) is 7.08. The average molecular weight is 361 g/mol. The lowest BCUT2D eigenvalue weighted by atomic mass is 9.96. The zero-order chi connectivity index (χ0) is 17.1. The van der Waals surface area contributed by atoms with Crippen LogP contribution >= 0.6 is 0 Å². The van der Waals surface area contributed by atoms with Crippen LogP contribution in [0.25, 0.3) is 0 Å². The number of nitrogens with two attached hydrogens (primary N) is 1. The SMILES string of the molecule is CCC[C@H]1CCCN(S(=O)(=O)c2cccc(S(N)(=O)=O)c2)CC1. The third kappa shape index (κ3) is 4.53. The second kappa shape index (κ2) is 7.29. The van der Waals surface area contributed by atoms with Gasteiger partial charge in [0.2, 0.25) is 20.0 Å². The highest BCUT2D eigenvalue weighted by Crippen LogP contribution is 2.26. The van der Waals surface area contributed by atoms with Crippen molar-refractivity contribution in [3.63, 3.8) is 0 Å². The fourth-order valence-corrected chi connectivity index (χ4v) is 5.21. The topological polar surface area (TPSA) is 97.5 Å². The van der Waals surface area contributed by atoms with Crippen LogP contribution < -0.4 is 5.14 Å². The van der Waals surface area contributed by atoms with E-state index in [1.807, 2.05) is 0 Å². The Hall–Kier alpha value is -0.960. The van der Waals surface area contributed by atoms with Crippen molar-refractivity contribution in [2.75, 3.05) is 13.1 Å². The predicted molar refractivity (Wildman–Crippen MR) is 88.8 cm³/mol. The molecular formula is C15H24N2O4S2. The zero-order valence-corrected chi connectivity index (χ0v) is 14.9. The van der Waals surface area contributed by atoms with Crippen molar-refractivity contribution >= 4 is 20.0 Å². The lowest BCUT2D eigenvalue weighted by molar-refractivity contribution is 0.400. The quantitative estimate of drug-likeness (QED) is 0.867. The standard InChI is InChI=1S/C15H24N2O4S2/c1-2-5-13-6-4-10-17(11-9-13)23(20,21)15-8-3-7-14(12-15)22(16,18)19/h3,7-8,12-13H,2,4-6,9-11H2,1H3,(H2,16,18,19)/t13-/m0/s1. The first-order valence-electron chi connectivity index (χ1n) is 7.88. The van der Waals surface area contributed by atoms with Crippen LogP contribution in [0.1, 0.15) is 39.0 Å². The van der Waals surface area contributed by atoms with E-state index >= 15 is 0 Å². The summed E-state index contributed by atoms with van der Waals surface area (Å²) < 4.78 is 49.9. The second-order valence-electron chi connectivity index (χ2n) is 6.01. The molecule has 1 aliphatic heterocycles. The molecule has 0 unspecified atom stereocenters. The van der Waals surface area contributed by atoms with Gasteiger partial charge in [0.15, 0.2) is 0 Å². The minimum absolute atomic E-state index is 0.0158. The Bertz CT molecular complexity index is 744. The van der Waals surface area contributed by atoms with E-state index in [2.05, 4.69) is 6.92 Å². The van der Waals surface area contributed by atoms with Crippen LogP contribution in [0, 0.1) is 5.92 Å². The third-order valence-electron chi connectivity index (χ3n) is 4.28. The highest BCUT2D eigenvalue weighted by atomic mass is 32.2. The molecule has 2 rings (SSSR count). The molecule has 1 aliphatic rings. The molecule has 0 bridgehead atoms. The molecule has 0 saturated carbocycles. The summed E-state index contributed by atoms with van der Waals surface area (Å²) in [6, 6.07) is 5.26. The second-order valence-corrected chi connectivity index (χ2v) is 9.51. The maximum absolute atomic E-state index is 12.8. The number of sulfonamides is 2. The maximum Gasteiger partial charge on any atom is 0.243 e. The monoisotopic (exact) mass is 360 g/mol. The Kier molecular flexibility index (Phi) is 5.83. The van der Waals surface area contributed by atoms with E-state index in [1.54, 1.807) is 0 Å². The lowest BCUT2D eigenvalue weighted by Gasteiger charge is -2.20. The summed E-state index contributed by atoms with van der Waals surface area (Å²) in [5.41, 5.74) is 0. The molecule has 1 aromatic rings. The van der Waals surface area contributed by atoms with Crippen LogP contribution in [0.2, 0.25) is 0 Å². The molecule has 0 amide bonds. The van der Waals surface area contributed by atoms with E-state index in [-0.39, 0.29) is 9.79 Å². The zero-order valence-electron chi connectivity index (χ0n) is 13.3. The normalized spacial score (nSPS) is 21.0. The van der Waals surface area contributed by atoms with E-state index in [0.29, 0.717) is 19.0 Å². The molecule has 0 aliphatic carbocycles. The number of hydrogen-bond acceptors (Lipinski definition) is 4. The Morgan fingerprint density at radius 2 is 1.83 bits per heavy atom. The maximum atomic E-state index is 12.8. The number of nitrogens with zero attached hydrogens (tertiary/aromatic N) is 1. The van der Waals surface area contributed by atoms with Gasteiger partial charge in [0.05, 0.1) is 9.79 Å². The molecule has 1 saturated heterocycles. The lowest BCUT2D eigenvalue weighted by Crippen LogP contribution is -2.32. The van der Waals surface area contributed by atoms with Gasteiger partial charge < -0.3 is 0 Å². The van der Waals surface area contributed by atoms with Gasteiger partial charge in [-0.25, -0.2) is 22.0 Å². The smallest absolute Gasteiger partial charge is 0.225 e. The van der Waals surface area contributed by atoms with E-state index in [1.165, 1.54) is 22.5 Å². The van der Waals surface area contributed by atoms with Gasteiger partial charge in [0.1, 0.15) is 0 Å². The predicted octanol–water partition coefficient (Wildman–Crippen LogP) is 1.92. The van der Waals surface area contributed by atoms with Crippen molar-refractivity contribution in [1.82, 2.24) is 4.31 Å². The van der Waals surface area contributed by atoms with Gasteiger partial charge in [-0.15, -0.1) is 0 Å². The van der Waals surface area contributed by atoms with Crippen LogP contribution in [-0.4, -0.2) is 34.2 Å². The van der Waals surface area contributed by atoms with Gasteiger partial charge in [0.25, 0.3) is 0 Å². The van der Waals surface area contributed by atoms with Crippen LogP contribution in [0.3, 0.4) is 0 Å². The van der Waals surface area contributed by atoms with E-state index < -0.39 is 20.0 Å². The molecule has 8 heteroatoms. The Labute approximate surface area is 138 Å². The van der Waals surface area contributed by atoms with Gasteiger partial charge in [-0.2, -0.15) is 4.31 Å². The van der Waals surface area contributed by atoms with Crippen molar-refractivity contribution in [1.29, 1.82) is 0 Å². The summed E-state index contributed by atoms with van der Waals surface area (Å²) in [6.45, 7) is 3.09. The average Bonchev–Trinajstić information content (AvgIpc) is 2.73. The van der Waals surface area contributed by atoms with Crippen molar-refractivity contribution in [2.24, 2.45) is 11.1 Å². The van der Waals surface area contributed by atoms with Gasteiger partial charge >= 0.3 is 0 Å². The van der Waals surface area contributed by atoms with E-state index in [4.69, 9.17) is 5.14 Å². The molecule has 1 heterocycles. The molecule has 23 heavy (non-hydrogen) atoms.